The maximum atomic E-state index is 5.03. The van der Waals surface area contributed by atoms with Gasteiger partial charge in [-0.1, -0.05) is 129 Å². The van der Waals surface area contributed by atoms with Gasteiger partial charge in [-0.25, -0.2) is 15.0 Å². The van der Waals surface area contributed by atoms with Crippen LogP contribution in [0, 0.1) is 0 Å². The highest BCUT2D eigenvalue weighted by Gasteiger charge is 2.36. The zero-order chi connectivity index (χ0) is 39.2. The van der Waals surface area contributed by atoms with Crippen molar-refractivity contribution in [1.82, 2.24) is 19.5 Å². The molecule has 3 aromatic heterocycles. The molecule has 0 unspecified atom stereocenters. The van der Waals surface area contributed by atoms with E-state index in [9.17, 15) is 0 Å². The van der Waals surface area contributed by atoms with Gasteiger partial charge in [-0.2, -0.15) is 0 Å². The normalized spacial score (nSPS) is 13.1. The molecule has 0 radical (unpaired) electrons. The third kappa shape index (κ3) is 5.32. The van der Waals surface area contributed by atoms with Crippen molar-refractivity contribution in [3.8, 4) is 62.1 Å². The number of rotatable bonds is 5. The van der Waals surface area contributed by atoms with Gasteiger partial charge < -0.3 is 4.57 Å². The molecule has 11 aromatic rings. The van der Waals surface area contributed by atoms with E-state index in [4.69, 9.17) is 15.0 Å². The SMILES string of the molecule is CC1(C)c2ccccc2-c2cc3c4cc(-c5ccc6sc7ccc(-c8nc(-c9ccccc9)nc(-c9ccccc9)n8)cc7c6c5)ccc4n(-c4ccccc4)c3cc21. The van der Waals surface area contributed by atoms with Crippen LogP contribution in [0.5, 0.6) is 0 Å². The number of thiophene rings is 1. The van der Waals surface area contributed by atoms with E-state index in [0.29, 0.717) is 17.5 Å². The average molecular weight is 773 g/mol. The zero-order valence-corrected chi connectivity index (χ0v) is 33.3. The summed E-state index contributed by atoms with van der Waals surface area (Å²) < 4.78 is 4.93. The Hall–Kier alpha value is -7.21. The van der Waals surface area contributed by atoms with Gasteiger partial charge in [0.25, 0.3) is 0 Å². The van der Waals surface area contributed by atoms with Crippen LogP contribution in [-0.2, 0) is 5.41 Å². The van der Waals surface area contributed by atoms with Gasteiger partial charge in [-0.15, -0.1) is 11.3 Å². The average Bonchev–Trinajstić information content (AvgIpc) is 3.90. The monoisotopic (exact) mass is 772 g/mol. The third-order valence-corrected chi connectivity index (χ3v) is 13.4. The van der Waals surface area contributed by atoms with Gasteiger partial charge in [0.1, 0.15) is 0 Å². The first-order chi connectivity index (χ1) is 29.0. The molecule has 0 saturated heterocycles. The molecule has 5 heteroatoms. The molecule has 0 bridgehead atoms. The van der Waals surface area contributed by atoms with Crippen LogP contribution in [0.15, 0.2) is 182 Å². The molecule has 59 heavy (non-hydrogen) atoms. The van der Waals surface area contributed by atoms with Crippen molar-refractivity contribution in [2.75, 3.05) is 0 Å². The Morgan fingerprint density at radius 1 is 0.390 bits per heavy atom. The summed E-state index contributed by atoms with van der Waals surface area (Å²) in [6.45, 7) is 4.72. The molecule has 0 saturated carbocycles. The fourth-order valence-electron chi connectivity index (χ4n) is 9.28. The molecule has 0 aliphatic heterocycles. The van der Waals surface area contributed by atoms with Crippen LogP contribution in [0.25, 0.3) is 104 Å². The van der Waals surface area contributed by atoms with Gasteiger partial charge in [0.2, 0.25) is 0 Å². The second-order valence-corrected chi connectivity index (χ2v) is 17.1. The summed E-state index contributed by atoms with van der Waals surface area (Å²) in [5.41, 5.74) is 14.2. The van der Waals surface area contributed by atoms with Crippen LogP contribution in [0.1, 0.15) is 25.0 Å². The first-order valence-electron chi connectivity index (χ1n) is 20.1. The Labute approximate surface area is 345 Å². The number of para-hydroxylation sites is 1. The van der Waals surface area contributed by atoms with Gasteiger partial charge in [-0.3, -0.25) is 0 Å². The first-order valence-corrected chi connectivity index (χ1v) is 20.9. The Morgan fingerprint density at radius 2 is 0.898 bits per heavy atom. The molecule has 0 fully saturated rings. The summed E-state index contributed by atoms with van der Waals surface area (Å²) in [6.07, 6.45) is 0. The summed E-state index contributed by atoms with van der Waals surface area (Å²) >= 11 is 1.82. The van der Waals surface area contributed by atoms with Crippen LogP contribution < -0.4 is 0 Å². The molecule has 8 aromatic carbocycles. The lowest BCUT2D eigenvalue weighted by Gasteiger charge is -2.21. The predicted molar refractivity (Wildman–Crippen MR) is 246 cm³/mol. The maximum Gasteiger partial charge on any atom is 0.164 e. The molecule has 0 N–H and O–H groups in total. The molecular formula is C54H36N4S. The number of benzene rings is 8. The molecule has 4 nitrogen and oxygen atoms in total. The van der Waals surface area contributed by atoms with Crippen LogP contribution in [0.2, 0.25) is 0 Å². The molecule has 12 rings (SSSR count). The Balaban J connectivity index is 1.02. The molecule has 0 amide bonds. The summed E-state index contributed by atoms with van der Waals surface area (Å²) in [5, 5.41) is 4.95. The van der Waals surface area contributed by atoms with E-state index < -0.39 is 0 Å². The molecule has 3 heterocycles. The van der Waals surface area contributed by atoms with E-state index in [2.05, 4.69) is 140 Å². The fraction of sp³-hybridized carbons (Fsp3) is 0.0556. The van der Waals surface area contributed by atoms with Crippen molar-refractivity contribution in [3.63, 3.8) is 0 Å². The zero-order valence-electron chi connectivity index (χ0n) is 32.5. The number of hydrogen-bond donors (Lipinski definition) is 0. The molecular weight excluding hydrogens is 737 g/mol. The summed E-state index contributed by atoms with van der Waals surface area (Å²) in [5.74, 6) is 1.98. The largest absolute Gasteiger partial charge is 0.309 e. The van der Waals surface area contributed by atoms with Crippen LogP contribution in [0.4, 0.5) is 0 Å². The van der Waals surface area contributed by atoms with Gasteiger partial charge in [-0.05, 0) is 100 Å². The minimum Gasteiger partial charge on any atom is -0.309 e. The van der Waals surface area contributed by atoms with Crippen LogP contribution >= 0.6 is 11.3 Å². The van der Waals surface area contributed by atoms with Crippen molar-refractivity contribution < 1.29 is 0 Å². The highest BCUT2D eigenvalue weighted by molar-refractivity contribution is 7.25. The number of aromatic nitrogens is 4. The van der Waals surface area contributed by atoms with Gasteiger partial charge in [0.15, 0.2) is 17.5 Å². The Kier molecular flexibility index (Phi) is 7.41. The summed E-state index contributed by atoms with van der Waals surface area (Å²) in [4.78, 5) is 15.0. The number of fused-ring (bicyclic) bond motifs is 9. The van der Waals surface area contributed by atoms with E-state index in [0.717, 1.165) is 16.7 Å². The lowest BCUT2D eigenvalue weighted by molar-refractivity contribution is 0.661. The van der Waals surface area contributed by atoms with Crippen LogP contribution in [-0.4, -0.2) is 19.5 Å². The van der Waals surface area contributed by atoms with Crippen molar-refractivity contribution in [1.29, 1.82) is 0 Å². The van der Waals surface area contributed by atoms with Gasteiger partial charge >= 0.3 is 0 Å². The summed E-state index contributed by atoms with van der Waals surface area (Å²) in [7, 11) is 0. The van der Waals surface area contributed by atoms with Gasteiger partial charge in [0.05, 0.1) is 11.0 Å². The minimum atomic E-state index is -0.0836. The topological polar surface area (TPSA) is 43.6 Å². The minimum absolute atomic E-state index is 0.0836. The van der Waals surface area contributed by atoms with Crippen molar-refractivity contribution >= 4 is 53.3 Å². The first kappa shape index (κ1) is 33.9. The molecule has 278 valence electrons. The second-order valence-electron chi connectivity index (χ2n) is 16.1. The number of nitrogens with zero attached hydrogens (tertiary/aromatic N) is 4. The van der Waals surface area contributed by atoms with Crippen molar-refractivity contribution in [2.45, 2.75) is 19.3 Å². The van der Waals surface area contributed by atoms with E-state index >= 15 is 0 Å². The van der Waals surface area contributed by atoms with Gasteiger partial charge in [0, 0.05) is 58.7 Å². The fourth-order valence-corrected chi connectivity index (χ4v) is 10.3. The predicted octanol–water partition coefficient (Wildman–Crippen LogP) is 14.3. The lowest BCUT2D eigenvalue weighted by atomic mass is 9.82. The Morgan fingerprint density at radius 3 is 1.56 bits per heavy atom. The van der Waals surface area contributed by atoms with E-state index in [1.807, 2.05) is 72.0 Å². The third-order valence-electron chi connectivity index (χ3n) is 12.2. The number of hydrogen-bond acceptors (Lipinski definition) is 4. The van der Waals surface area contributed by atoms with Crippen molar-refractivity contribution in [3.05, 3.63) is 193 Å². The highest BCUT2D eigenvalue weighted by Crippen LogP contribution is 2.51. The highest BCUT2D eigenvalue weighted by atomic mass is 32.1. The van der Waals surface area contributed by atoms with E-state index in [1.54, 1.807) is 0 Å². The summed E-state index contributed by atoms with van der Waals surface area (Å²) in [6, 6.07) is 65.4. The lowest BCUT2D eigenvalue weighted by Crippen LogP contribution is -2.14. The Bertz CT molecular complexity index is 3400. The molecule has 0 spiro atoms. The second kappa shape index (κ2) is 12.9. The van der Waals surface area contributed by atoms with Crippen molar-refractivity contribution in [2.24, 2.45) is 0 Å². The molecule has 1 aliphatic carbocycles. The van der Waals surface area contributed by atoms with E-state index in [1.165, 1.54) is 81.0 Å². The smallest absolute Gasteiger partial charge is 0.164 e. The molecule has 1 aliphatic rings. The molecule has 0 atom stereocenters. The van der Waals surface area contributed by atoms with E-state index in [-0.39, 0.29) is 5.41 Å². The maximum absolute atomic E-state index is 5.03. The van der Waals surface area contributed by atoms with Crippen LogP contribution in [0.3, 0.4) is 0 Å². The quantitative estimate of drug-likeness (QED) is 0.175. The standard InChI is InChI=1S/C54H36N4S/c1-54(2)45-21-13-12-20-39(45)40-31-42-41-28-35(22-25-47(41)58(48(42)32-46(40)54)38-18-10-5-11-19-38)36-23-26-49-43(29-36)44-30-37(24-27-50(44)59-49)53-56-51(33-14-6-3-7-15-33)55-52(57-53)34-16-8-4-9-17-34/h3-32H,1-2H3.